The zero-order valence-corrected chi connectivity index (χ0v) is 24.4. The molecule has 1 aliphatic rings. The number of Topliss-reactive ketones (excluding diaryl/α,β-unsaturated/α-hetero) is 1. The number of alkyl halides is 3. The molecule has 0 saturated carbocycles. The molecule has 3 aromatic carbocycles. The Bertz CT molecular complexity index is 1550. The largest absolute Gasteiger partial charge is 0.480 e. The molecular weight excluding hydrogens is 579 g/mol. The molecule has 0 amide bonds. The van der Waals surface area contributed by atoms with Crippen molar-refractivity contribution in [1.82, 2.24) is 0 Å². The Kier molecular flexibility index (Phi) is 9.52. The number of benzene rings is 3. The van der Waals surface area contributed by atoms with Gasteiger partial charge in [-0.25, -0.2) is 4.79 Å². The minimum atomic E-state index is -4.75. The standard InChI is InChI=1S/C32H30F3N3O4S/c1-31(2)29(41)28(22-5-6-23(18-36)26(17-22)32(33,34)35)30(43)38(31)25-13-9-21(10-14-25)20-7-11-24(12-8-20)37-15-3-4-16-42-19-27(39)40/h5-14,17,28,37H,3-4,15-16,19H2,1-2H3,(H,39,40). The summed E-state index contributed by atoms with van der Waals surface area (Å²) in [5, 5.41) is 21.0. The molecule has 0 spiro atoms. The van der Waals surface area contributed by atoms with Gasteiger partial charge in [0.2, 0.25) is 0 Å². The van der Waals surface area contributed by atoms with Crippen molar-refractivity contribution in [2.75, 3.05) is 30.0 Å². The van der Waals surface area contributed by atoms with Crippen LogP contribution in [0.4, 0.5) is 24.5 Å². The maximum Gasteiger partial charge on any atom is 0.417 e. The van der Waals surface area contributed by atoms with Crippen molar-refractivity contribution in [3.8, 4) is 17.2 Å². The van der Waals surface area contributed by atoms with Gasteiger partial charge in [0.15, 0.2) is 5.78 Å². The lowest BCUT2D eigenvalue weighted by atomic mass is 9.88. The SMILES string of the molecule is CC1(C)C(=O)C(c2ccc(C#N)c(C(F)(F)F)c2)C(=S)N1c1ccc(-c2ccc(NCCCCOCC(=O)O)cc2)cc1. The van der Waals surface area contributed by atoms with Gasteiger partial charge >= 0.3 is 12.1 Å². The third-order valence-corrected chi connectivity index (χ3v) is 7.73. The van der Waals surface area contributed by atoms with Crippen LogP contribution in [0.5, 0.6) is 0 Å². The van der Waals surface area contributed by atoms with E-state index in [2.05, 4.69) is 5.32 Å². The van der Waals surface area contributed by atoms with Crippen molar-refractivity contribution in [3.05, 3.63) is 83.4 Å². The Balaban J connectivity index is 1.45. The van der Waals surface area contributed by atoms with Gasteiger partial charge in [0.25, 0.3) is 0 Å². The van der Waals surface area contributed by atoms with E-state index in [-0.39, 0.29) is 22.9 Å². The number of hydrogen-bond acceptors (Lipinski definition) is 6. The molecule has 4 rings (SSSR count). The van der Waals surface area contributed by atoms with E-state index in [9.17, 15) is 22.8 Å². The molecule has 1 heterocycles. The summed E-state index contributed by atoms with van der Waals surface area (Å²) in [6.07, 6.45) is -3.17. The predicted octanol–water partition coefficient (Wildman–Crippen LogP) is 6.82. The summed E-state index contributed by atoms with van der Waals surface area (Å²) in [5.41, 5.74) is 0.879. The quantitative estimate of drug-likeness (QED) is 0.181. The monoisotopic (exact) mass is 609 g/mol. The van der Waals surface area contributed by atoms with E-state index in [4.69, 9.17) is 27.3 Å². The van der Waals surface area contributed by atoms with Gasteiger partial charge in [0, 0.05) is 24.5 Å². The summed E-state index contributed by atoms with van der Waals surface area (Å²) in [4.78, 5) is 25.8. The molecule has 11 heteroatoms. The highest BCUT2D eigenvalue weighted by molar-refractivity contribution is 7.80. The van der Waals surface area contributed by atoms with Gasteiger partial charge in [-0.15, -0.1) is 0 Å². The highest BCUT2D eigenvalue weighted by Gasteiger charge is 2.51. The Labute approximate surface area is 252 Å². The number of nitriles is 1. The molecule has 0 radical (unpaired) electrons. The van der Waals surface area contributed by atoms with E-state index >= 15 is 0 Å². The van der Waals surface area contributed by atoms with Crippen molar-refractivity contribution in [1.29, 1.82) is 5.26 Å². The van der Waals surface area contributed by atoms with Crippen molar-refractivity contribution >= 4 is 40.3 Å². The number of anilines is 2. The molecule has 1 fully saturated rings. The number of carbonyl (C=O) groups excluding carboxylic acids is 1. The lowest BCUT2D eigenvalue weighted by molar-refractivity contribution is -0.142. The van der Waals surface area contributed by atoms with E-state index in [1.165, 1.54) is 6.07 Å². The van der Waals surface area contributed by atoms with Gasteiger partial charge in [-0.2, -0.15) is 18.4 Å². The van der Waals surface area contributed by atoms with E-state index < -0.39 is 34.7 Å². The van der Waals surface area contributed by atoms with Crippen LogP contribution in [0.1, 0.15) is 49.3 Å². The third kappa shape index (κ3) is 7.04. The fourth-order valence-electron chi connectivity index (χ4n) is 5.10. The fraction of sp³-hybridized carbons (Fsp3) is 0.312. The van der Waals surface area contributed by atoms with E-state index in [1.54, 1.807) is 24.8 Å². The molecule has 2 N–H and O–H groups in total. The normalized spacial score (nSPS) is 16.3. The Morgan fingerprint density at radius 2 is 1.70 bits per heavy atom. The number of ether oxygens (including phenoxy) is 1. The Morgan fingerprint density at radius 1 is 1.07 bits per heavy atom. The molecule has 7 nitrogen and oxygen atoms in total. The predicted molar refractivity (Wildman–Crippen MR) is 161 cm³/mol. The highest BCUT2D eigenvalue weighted by atomic mass is 32.1. The molecule has 0 aliphatic carbocycles. The van der Waals surface area contributed by atoms with Crippen LogP contribution in [-0.4, -0.2) is 47.1 Å². The van der Waals surface area contributed by atoms with Gasteiger partial charge in [-0.3, -0.25) is 4.79 Å². The van der Waals surface area contributed by atoms with E-state index in [0.717, 1.165) is 48.3 Å². The van der Waals surface area contributed by atoms with Crippen LogP contribution in [0.25, 0.3) is 11.1 Å². The first kappa shape index (κ1) is 31.7. The van der Waals surface area contributed by atoms with Crippen LogP contribution in [-0.2, 0) is 20.5 Å². The first-order valence-corrected chi connectivity index (χ1v) is 14.0. The van der Waals surface area contributed by atoms with Gasteiger partial charge in [0.05, 0.1) is 33.6 Å². The van der Waals surface area contributed by atoms with Gasteiger partial charge < -0.3 is 20.1 Å². The summed E-state index contributed by atoms with van der Waals surface area (Å²) < 4.78 is 45.9. The van der Waals surface area contributed by atoms with Crippen molar-refractivity contribution in [2.24, 2.45) is 0 Å². The van der Waals surface area contributed by atoms with Crippen LogP contribution in [0.2, 0.25) is 0 Å². The molecule has 0 aromatic heterocycles. The molecule has 224 valence electrons. The molecule has 1 saturated heterocycles. The molecule has 43 heavy (non-hydrogen) atoms. The summed E-state index contributed by atoms with van der Waals surface area (Å²) in [6.45, 7) is 4.21. The molecule has 1 aliphatic heterocycles. The summed E-state index contributed by atoms with van der Waals surface area (Å²) in [7, 11) is 0. The van der Waals surface area contributed by atoms with Crippen molar-refractivity contribution in [3.63, 3.8) is 0 Å². The van der Waals surface area contributed by atoms with Crippen molar-refractivity contribution < 1.29 is 32.6 Å². The topological polar surface area (TPSA) is 103 Å². The van der Waals surface area contributed by atoms with Gasteiger partial charge in [-0.05, 0) is 79.8 Å². The summed E-state index contributed by atoms with van der Waals surface area (Å²) in [6, 6.07) is 20.2. The fourth-order valence-corrected chi connectivity index (χ4v) is 5.68. The first-order valence-electron chi connectivity index (χ1n) is 13.6. The summed E-state index contributed by atoms with van der Waals surface area (Å²) in [5.74, 6) is -2.36. The van der Waals surface area contributed by atoms with Crippen molar-refractivity contribution in [2.45, 2.75) is 44.3 Å². The van der Waals surface area contributed by atoms with Crippen LogP contribution in [0, 0.1) is 11.3 Å². The lowest BCUT2D eigenvalue weighted by Gasteiger charge is -2.31. The number of unbranched alkanes of at least 4 members (excludes halogenated alkanes) is 1. The van der Waals surface area contributed by atoms with Crippen LogP contribution in [0.15, 0.2) is 66.7 Å². The number of nitrogens with one attached hydrogen (secondary N) is 1. The lowest BCUT2D eigenvalue weighted by Crippen LogP contribution is -2.44. The molecule has 3 aromatic rings. The van der Waals surface area contributed by atoms with Crippen LogP contribution in [0.3, 0.4) is 0 Å². The minimum Gasteiger partial charge on any atom is -0.480 e. The highest BCUT2D eigenvalue weighted by Crippen LogP contribution is 2.43. The second-order valence-electron chi connectivity index (χ2n) is 10.6. The molecular formula is C32H30F3N3O4S. The van der Waals surface area contributed by atoms with Gasteiger partial charge in [0.1, 0.15) is 6.61 Å². The zero-order chi connectivity index (χ0) is 31.4. The zero-order valence-electron chi connectivity index (χ0n) is 23.6. The molecule has 1 unspecified atom stereocenters. The number of carboxylic acid groups (broad SMARTS) is 1. The van der Waals surface area contributed by atoms with Gasteiger partial charge in [-0.1, -0.05) is 42.5 Å². The number of halogens is 3. The first-order chi connectivity index (χ1) is 20.3. The smallest absolute Gasteiger partial charge is 0.417 e. The number of carboxylic acids is 1. The number of hydrogen-bond donors (Lipinski definition) is 2. The summed E-state index contributed by atoms with van der Waals surface area (Å²) >= 11 is 5.69. The number of aliphatic carboxylic acids is 1. The third-order valence-electron chi connectivity index (χ3n) is 7.31. The van der Waals surface area contributed by atoms with E-state index in [1.807, 2.05) is 48.5 Å². The van der Waals surface area contributed by atoms with Crippen LogP contribution < -0.4 is 10.2 Å². The number of ketones is 1. The Morgan fingerprint density at radius 3 is 2.28 bits per heavy atom. The second-order valence-corrected chi connectivity index (χ2v) is 11.1. The molecule has 0 bridgehead atoms. The second kappa shape index (κ2) is 12.9. The minimum absolute atomic E-state index is 0.105. The number of rotatable bonds is 11. The maximum absolute atomic E-state index is 13.6. The number of thiocarbonyl (C=S) groups is 1. The molecule has 1 atom stereocenters. The number of carbonyl (C=O) groups is 2. The van der Waals surface area contributed by atoms with E-state index in [0.29, 0.717) is 12.3 Å². The van der Waals surface area contributed by atoms with Crippen LogP contribution >= 0.6 is 12.2 Å². The number of nitrogens with zero attached hydrogens (tertiary/aromatic N) is 2. The Hall–Kier alpha value is -4.27. The maximum atomic E-state index is 13.6. The average Bonchev–Trinajstić information content (AvgIpc) is 3.14. The average molecular weight is 610 g/mol.